The average molecular weight is 259 g/mol. The highest BCUT2D eigenvalue weighted by Crippen LogP contribution is 2.29. The summed E-state index contributed by atoms with van der Waals surface area (Å²) in [6, 6.07) is 7.07. The van der Waals surface area contributed by atoms with Gasteiger partial charge in [-0.05, 0) is 44.0 Å². The minimum Gasteiger partial charge on any atom is -0.313 e. The molecule has 0 saturated carbocycles. The standard InChI is InChI=1S/C15H18FN3/c1-17-14-3-2-4-15-13(14)9-18-19(15)10-11-5-7-12(16)8-6-11/h5-9,14,17H,2-4,10H2,1H3. The van der Waals surface area contributed by atoms with Crippen LogP contribution in [0, 0.1) is 5.82 Å². The van der Waals surface area contributed by atoms with E-state index < -0.39 is 0 Å². The van der Waals surface area contributed by atoms with E-state index in [1.807, 2.05) is 30.1 Å². The van der Waals surface area contributed by atoms with Crippen LogP contribution in [0.15, 0.2) is 30.5 Å². The van der Waals surface area contributed by atoms with E-state index in [-0.39, 0.29) is 5.82 Å². The number of nitrogens with zero attached hydrogens (tertiary/aromatic N) is 2. The molecule has 1 N–H and O–H groups in total. The SMILES string of the molecule is CNC1CCCc2c1cnn2Cc1ccc(F)cc1. The normalized spacial score (nSPS) is 18.3. The molecule has 100 valence electrons. The topological polar surface area (TPSA) is 29.9 Å². The zero-order chi connectivity index (χ0) is 13.2. The van der Waals surface area contributed by atoms with E-state index in [2.05, 4.69) is 10.4 Å². The fraction of sp³-hybridized carbons (Fsp3) is 0.400. The predicted octanol–water partition coefficient (Wildman–Crippen LogP) is 2.67. The second-order valence-electron chi connectivity index (χ2n) is 5.06. The monoisotopic (exact) mass is 259 g/mol. The maximum absolute atomic E-state index is 12.9. The van der Waals surface area contributed by atoms with Crippen LogP contribution in [-0.2, 0) is 13.0 Å². The Morgan fingerprint density at radius 3 is 2.89 bits per heavy atom. The maximum atomic E-state index is 12.9. The van der Waals surface area contributed by atoms with Crippen molar-refractivity contribution in [2.24, 2.45) is 0 Å². The van der Waals surface area contributed by atoms with Crippen LogP contribution >= 0.6 is 0 Å². The van der Waals surface area contributed by atoms with Crippen molar-refractivity contribution >= 4 is 0 Å². The number of hydrogen-bond acceptors (Lipinski definition) is 2. The summed E-state index contributed by atoms with van der Waals surface area (Å²) in [6.45, 7) is 0.714. The first kappa shape index (κ1) is 12.4. The minimum atomic E-state index is -0.193. The van der Waals surface area contributed by atoms with Crippen molar-refractivity contribution in [2.75, 3.05) is 7.05 Å². The van der Waals surface area contributed by atoms with Crippen LogP contribution in [-0.4, -0.2) is 16.8 Å². The fourth-order valence-corrected chi connectivity index (χ4v) is 2.82. The number of rotatable bonds is 3. The van der Waals surface area contributed by atoms with Crippen molar-refractivity contribution in [3.05, 3.63) is 53.1 Å². The highest BCUT2D eigenvalue weighted by Gasteiger charge is 2.22. The van der Waals surface area contributed by atoms with Gasteiger partial charge in [0.05, 0.1) is 12.7 Å². The molecule has 0 saturated heterocycles. The molecule has 1 atom stereocenters. The summed E-state index contributed by atoms with van der Waals surface area (Å²) in [6.07, 6.45) is 5.41. The molecule has 0 bridgehead atoms. The second-order valence-corrected chi connectivity index (χ2v) is 5.06. The third kappa shape index (κ3) is 2.40. The van der Waals surface area contributed by atoms with Crippen molar-refractivity contribution in [1.29, 1.82) is 0 Å². The molecular weight excluding hydrogens is 241 g/mol. The Morgan fingerprint density at radius 1 is 1.37 bits per heavy atom. The van der Waals surface area contributed by atoms with Crippen LogP contribution in [0.25, 0.3) is 0 Å². The van der Waals surface area contributed by atoms with Gasteiger partial charge < -0.3 is 5.32 Å². The molecule has 0 fully saturated rings. The van der Waals surface area contributed by atoms with Gasteiger partial charge in [-0.15, -0.1) is 0 Å². The number of fused-ring (bicyclic) bond motifs is 1. The van der Waals surface area contributed by atoms with Gasteiger partial charge in [0.15, 0.2) is 0 Å². The Labute approximate surface area is 112 Å². The third-order valence-corrected chi connectivity index (χ3v) is 3.86. The van der Waals surface area contributed by atoms with Gasteiger partial charge in [-0.1, -0.05) is 12.1 Å². The molecule has 1 aromatic heterocycles. The zero-order valence-electron chi connectivity index (χ0n) is 11.1. The van der Waals surface area contributed by atoms with E-state index in [9.17, 15) is 4.39 Å². The molecule has 0 amide bonds. The lowest BCUT2D eigenvalue weighted by Gasteiger charge is -2.22. The number of aromatic nitrogens is 2. The van der Waals surface area contributed by atoms with Crippen LogP contribution in [0.3, 0.4) is 0 Å². The zero-order valence-corrected chi connectivity index (χ0v) is 11.1. The van der Waals surface area contributed by atoms with Crippen molar-refractivity contribution < 1.29 is 4.39 Å². The van der Waals surface area contributed by atoms with Crippen molar-refractivity contribution in [3.63, 3.8) is 0 Å². The number of nitrogens with one attached hydrogen (secondary N) is 1. The first-order valence-electron chi connectivity index (χ1n) is 6.74. The molecule has 1 aliphatic rings. The highest BCUT2D eigenvalue weighted by molar-refractivity contribution is 5.26. The molecule has 1 heterocycles. The van der Waals surface area contributed by atoms with Gasteiger partial charge in [0.25, 0.3) is 0 Å². The molecule has 3 nitrogen and oxygen atoms in total. The summed E-state index contributed by atoms with van der Waals surface area (Å²) in [7, 11) is 2.00. The molecule has 1 aliphatic carbocycles. The minimum absolute atomic E-state index is 0.193. The van der Waals surface area contributed by atoms with Crippen molar-refractivity contribution in [1.82, 2.24) is 15.1 Å². The van der Waals surface area contributed by atoms with E-state index in [0.29, 0.717) is 12.6 Å². The molecular formula is C15H18FN3. The molecule has 1 unspecified atom stereocenters. The summed E-state index contributed by atoms with van der Waals surface area (Å²) in [4.78, 5) is 0. The number of benzene rings is 1. The van der Waals surface area contributed by atoms with Crippen LogP contribution < -0.4 is 5.32 Å². The van der Waals surface area contributed by atoms with Crippen molar-refractivity contribution in [2.45, 2.75) is 31.8 Å². The lowest BCUT2D eigenvalue weighted by Crippen LogP contribution is -2.22. The molecule has 2 aromatic rings. The Kier molecular flexibility index (Phi) is 3.34. The fourth-order valence-electron chi connectivity index (χ4n) is 2.82. The molecule has 3 rings (SSSR count). The van der Waals surface area contributed by atoms with E-state index >= 15 is 0 Å². The summed E-state index contributed by atoms with van der Waals surface area (Å²) >= 11 is 0. The Bertz CT molecular complexity index is 559. The first-order valence-corrected chi connectivity index (χ1v) is 6.74. The van der Waals surface area contributed by atoms with Gasteiger partial charge in [-0.2, -0.15) is 5.10 Å². The Balaban J connectivity index is 1.86. The smallest absolute Gasteiger partial charge is 0.123 e. The molecule has 4 heteroatoms. The van der Waals surface area contributed by atoms with Crippen LogP contribution in [0.1, 0.15) is 35.7 Å². The summed E-state index contributed by atoms with van der Waals surface area (Å²) < 4.78 is 15.0. The van der Waals surface area contributed by atoms with E-state index in [1.165, 1.54) is 36.2 Å². The summed E-state index contributed by atoms with van der Waals surface area (Å²) in [5.41, 5.74) is 3.71. The van der Waals surface area contributed by atoms with Crippen LogP contribution in [0.5, 0.6) is 0 Å². The van der Waals surface area contributed by atoms with E-state index in [1.54, 1.807) is 0 Å². The van der Waals surface area contributed by atoms with Crippen LogP contribution in [0.4, 0.5) is 4.39 Å². The van der Waals surface area contributed by atoms with Gasteiger partial charge in [0.1, 0.15) is 5.82 Å². The third-order valence-electron chi connectivity index (χ3n) is 3.86. The van der Waals surface area contributed by atoms with Gasteiger partial charge in [0, 0.05) is 17.3 Å². The lowest BCUT2D eigenvalue weighted by molar-refractivity contribution is 0.481. The van der Waals surface area contributed by atoms with Gasteiger partial charge in [-0.25, -0.2) is 4.39 Å². The Morgan fingerprint density at radius 2 is 2.16 bits per heavy atom. The second kappa shape index (κ2) is 5.13. The van der Waals surface area contributed by atoms with Crippen LogP contribution in [0.2, 0.25) is 0 Å². The van der Waals surface area contributed by atoms with Crippen molar-refractivity contribution in [3.8, 4) is 0 Å². The number of hydrogen-bond donors (Lipinski definition) is 1. The first-order chi connectivity index (χ1) is 9.28. The molecule has 0 radical (unpaired) electrons. The van der Waals surface area contributed by atoms with E-state index in [0.717, 1.165) is 12.0 Å². The summed E-state index contributed by atoms with van der Waals surface area (Å²) in [5.74, 6) is -0.193. The largest absolute Gasteiger partial charge is 0.313 e. The van der Waals surface area contributed by atoms with Gasteiger partial charge >= 0.3 is 0 Å². The number of halogens is 1. The maximum Gasteiger partial charge on any atom is 0.123 e. The quantitative estimate of drug-likeness (QED) is 0.918. The average Bonchev–Trinajstić information content (AvgIpc) is 2.84. The van der Waals surface area contributed by atoms with E-state index in [4.69, 9.17) is 0 Å². The molecule has 1 aromatic carbocycles. The van der Waals surface area contributed by atoms with Gasteiger partial charge in [-0.3, -0.25) is 4.68 Å². The molecule has 0 spiro atoms. The highest BCUT2D eigenvalue weighted by atomic mass is 19.1. The molecule has 19 heavy (non-hydrogen) atoms. The summed E-state index contributed by atoms with van der Waals surface area (Å²) in [5, 5.41) is 7.84. The predicted molar refractivity (Wildman–Crippen MR) is 72.5 cm³/mol. The lowest BCUT2D eigenvalue weighted by atomic mass is 9.93. The Hall–Kier alpha value is -1.68. The van der Waals surface area contributed by atoms with Gasteiger partial charge in [0.2, 0.25) is 0 Å². The molecule has 0 aliphatic heterocycles.